The van der Waals surface area contributed by atoms with E-state index in [1.807, 2.05) is 6.92 Å². The lowest BCUT2D eigenvalue weighted by Crippen LogP contribution is -2.01. The molecule has 0 unspecified atom stereocenters. The van der Waals surface area contributed by atoms with E-state index in [0.717, 1.165) is 5.33 Å². The van der Waals surface area contributed by atoms with E-state index in [-0.39, 0.29) is 5.91 Å². The molecule has 0 spiro atoms. The highest BCUT2D eigenvalue weighted by atomic mass is 79.9. The standard InChI is InChI=1S/C2H5Br.C2H5NO/c1-2-3;1-2(3)4/h2H2,1H3;1H3,(H2,3,4). The smallest absolute Gasteiger partial charge is 0.214 e. The second-order valence-electron chi connectivity index (χ2n) is 0.878. The molecule has 3 heteroatoms. The van der Waals surface area contributed by atoms with Crippen molar-refractivity contribution in [2.75, 3.05) is 5.33 Å². The first kappa shape index (κ1) is 10.0. The van der Waals surface area contributed by atoms with Crippen LogP contribution in [0.15, 0.2) is 0 Å². The van der Waals surface area contributed by atoms with Gasteiger partial charge in [0.25, 0.3) is 0 Å². The number of hydrogen-bond acceptors (Lipinski definition) is 1. The molecule has 0 fully saturated rings. The summed E-state index contributed by atoms with van der Waals surface area (Å²) in [4.78, 5) is 9.22. The number of hydrogen-bond donors (Lipinski definition) is 1. The zero-order valence-corrected chi connectivity index (χ0v) is 6.16. The predicted octanol–water partition coefficient (Wildman–Crippen LogP) is 0.893. The van der Waals surface area contributed by atoms with Gasteiger partial charge in [-0.2, -0.15) is 0 Å². The molecule has 0 aliphatic carbocycles. The molecule has 0 aromatic rings. The summed E-state index contributed by atoms with van der Waals surface area (Å²) in [5.41, 5.74) is 4.47. The van der Waals surface area contributed by atoms with Gasteiger partial charge in [-0.1, -0.05) is 22.9 Å². The Balaban J connectivity index is 0. The van der Waals surface area contributed by atoms with Crippen LogP contribution in [-0.2, 0) is 4.79 Å². The number of halogens is 1. The van der Waals surface area contributed by atoms with Crippen molar-refractivity contribution in [3.05, 3.63) is 0 Å². The van der Waals surface area contributed by atoms with Gasteiger partial charge < -0.3 is 5.73 Å². The number of primary amides is 1. The molecule has 0 saturated carbocycles. The average molecular weight is 168 g/mol. The summed E-state index contributed by atoms with van der Waals surface area (Å²) in [6, 6.07) is 0. The first-order chi connectivity index (χ1) is 3.15. The third-order valence-corrected chi connectivity index (χ3v) is 0. The molecular weight excluding hydrogens is 158 g/mol. The van der Waals surface area contributed by atoms with Crippen molar-refractivity contribution >= 4 is 21.8 Å². The molecule has 2 N–H and O–H groups in total. The van der Waals surface area contributed by atoms with E-state index in [1.54, 1.807) is 0 Å². The molecule has 0 rings (SSSR count). The monoisotopic (exact) mass is 167 g/mol. The fraction of sp³-hybridized carbons (Fsp3) is 0.750. The molecule has 2 nitrogen and oxygen atoms in total. The van der Waals surface area contributed by atoms with E-state index in [4.69, 9.17) is 0 Å². The number of carbonyl (C=O) groups excluding carboxylic acids is 1. The molecule has 7 heavy (non-hydrogen) atoms. The van der Waals surface area contributed by atoms with Gasteiger partial charge in [0.15, 0.2) is 0 Å². The van der Waals surface area contributed by atoms with E-state index >= 15 is 0 Å². The van der Waals surface area contributed by atoms with E-state index in [2.05, 4.69) is 21.7 Å². The molecule has 0 heterocycles. The minimum Gasteiger partial charge on any atom is -0.370 e. The summed E-state index contributed by atoms with van der Waals surface area (Å²) in [5.74, 6) is -0.333. The lowest BCUT2D eigenvalue weighted by atomic mass is 10.8. The number of alkyl halides is 1. The van der Waals surface area contributed by atoms with Gasteiger partial charge in [0, 0.05) is 12.3 Å². The minimum atomic E-state index is -0.333. The van der Waals surface area contributed by atoms with Crippen LogP contribution in [0, 0.1) is 0 Å². The summed E-state index contributed by atoms with van der Waals surface area (Å²) in [6.07, 6.45) is 0. The van der Waals surface area contributed by atoms with Gasteiger partial charge in [0.1, 0.15) is 0 Å². The highest BCUT2D eigenvalue weighted by molar-refractivity contribution is 9.09. The maximum atomic E-state index is 9.22. The normalized spacial score (nSPS) is 6.14. The fourth-order valence-corrected chi connectivity index (χ4v) is 0. The van der Waals surface area contributed by atoms with Gasteiger partial charge in [0.05, 0.1) is 0 Å². The van der Waals surface area contributed by atoms with Crippen molar-refractivity contribution < 1.29 is 4.79 Å². The van der Waals surface area contributed by atoms with Gasteiger partial charge in [-0.05, 0) is 0 Å². The number of rotatable bonds is 0. The summed E-state index contributed by atoms with van der Waals surface area (Å²) in [7, 11) is 0. The van der Waals surface area contributed by atoms with E-state index in [0.29, 0.717) is 0 Å². The number of nitrogens with two attached hydrogens (primary N) is 1. The fourth-order valence-electron chi connectivity index (χ4n) is 0. The SMILES string of the molecule is CC(N)=O.CCBr. The molecule has 0 aliphatic rings. The van der Waals surface area contributed by atoms with Crippen LogP contribution in [0.1, 0.15) is 13.8 Å². The van der Waals surface area contributed by atoms with Crippen LogP contribution in [0.3, 0.4) is 0 Å². The van der Waals surface area contributed by atoms with E-state index in [9.17, 15) is 4.79 Å². The van der Waals surface area contributed by atoms with Crippen LogP contribution < -0.4 is 5.73 Å². The van der Waals surface area contributed by atoms with Crippen LogP contribution in [0.5, 0.6) is 0 Å². The Morgan fingerprint density at radius 1 is 1.86 bits per heavy atom. The van der Waals surface area contributed by atoms with Crippen molar-refractivity contribution in [1.29, 1.82) is 0 Å². The molecule has 0 aromatic heterocycles. The van der Waals surface area contributed by atoms with Gasteiger partial charge >= 0.3 is 0 Å². The third-order valence-electron chi connectivity index (χ3n) is 0. The van der Waals surface area contributed by atoms with Crippen molar-refractivity contribution in [1.82, 2.24) is 0 Å². The molecular formula is C4H10BrNO. The van der Waals surface area contributed by atoms with Gasteiger partial charge in [-0.3, -0.25) is 4.79 Å². The topological polar surface area (TPSA) is 43.1 Å². The van der Waals surface area contributed by atoms with Crippen LogP contribution >= 0.6 is 15.9 Å². The Bertz CT molecular complexity index is 43.0. The molecule has 0 aromatic carbocycles. The maximum Gasteiger partial charge on any atom is 0.214 e. The molecule has 1 amide bonds. The Hall–Kier alpha value is -0.0500. The van der Waals surface area contributed by atoms with Gasteiger partial charge in [-0.15, -0.1) is 0 Å². The average Bonchev–Trinajstić information content (AvgIpc) is 1.33. The molecule has 44 valence electrons. The summed E-state index contributed by atoms with van der Waals surface area (Å²) < 4.78 is 0. The molecule has 0 aliphatic heterocycles. The molecule has 0 saturated heterocycles. The molecule has 0 bridgehead atoms. The number of amides is 1. The Morgan fingerprint density at radius 3 is 1.86 bits per heavy atom. The van der Waals surface area contributed by atoms with Crippen molar-refractivity contribution in [3.8, 4) is 0 Å². The first-order valence-corrected chi connectivity index (χ1v) is 3.09. The van der Waals surface area contributed by atoms with E-state index in [1.165, 1.54) is 6.92 Å². The predicted molar refractivity (Wildman–Crippen MR) is 34.3 cm³/mol. The zero-order valence-electron chi connectivity index (χ0n) is 4.57. The second-order valence-corrected chi connectivity index (χ2v) is 2.00. The number of carbonyl (C=O) groups is 1. The largest absolute Gasteiger partial charge is 0.370 e. The lowest BCUT2D eigenvalue weighted by molar-refractivity contribution is -0.115. The molecule has 0 radical (unpaired) electrons. The van der Waals surface area contributed by atoms with Crippen molar-refractivity contribution in [2.45, 2.75) is 13.8 Å². The van der Waals surface area contributed by atoms with E-state index < -0.39 is 0 Å². The summed E-state index contributed by atoms with van der Waals surface area (Å²) in [6.45, 7) is 3.35. The lowest BCUT2D eigenvalue weighted by Gasteiger charge is -1.60. The maximum absolute atomic E-state index is 9.22. The second kappa shape index (κ2) is 9.34. The Morgan fingerprint density at radius 2 is 1.86 bits per heavy atom. The Labute approximate surface area is 52.2 Å². The third kappa shape index (κ3) is 37100. The van der Waals surface area contributed by atoms with Crippen molar-refractivity contribution in [2.24, 2.45) is 5.73 Å². The quantitative estimate of drug-likeness (QED) is 0.536. The van der Waals surface area contributed by atoms with Gasteiger partial charge in [-0.25, -0.2) is 0 Å². The summed E-state index contributed by atoms with van der Waals surface area (Å²) in [5, 5.41) is 1.06. The zero-order chi connectivity index (χ0) is 6.28. The summed E-state index contributed by atoms with van der Waals surface area (Å²) >= 11 is 3.15. The highest BCUT2D eigenvalue weighted by Gasteiger charge is 1.61. The van der Waals surface area contributed by atoms with Crippen molar-refractivity contribution in [3.63, 3.8) is 0 Å². The first-order valence-electron chi connectivity index (χ1n) is 1.97. The molecule has 0 atom stereocenters. The van der Waals surface area contributed by atoms with Crippen LogP contribution in [-0.4, -0.2) is 11.2 Å². The highest BCUT2D eigenvalue weighted by Crippen LogP contribution is 1.67. The minimum absolute atomic E-state index is 0.333. The Kier molecular flexibility index (Phi) is 13.4. The van der Waals surface area contributed by atoms with Crippen LogP contribution in [0.4, 0.5) is 0 Å². The van der Waals surface area contributed by atoms with Crippen LogP contribution in [0.2, 0.25) is 0 Å². The van der Waals surface area contributed by atoms with Gasteiger partial charge in [0.2, 0.25) is 5.91 Å². The van der Waals surface area contributed by atoms with Crippen LogP contribution in [0.25, 0.3) is 0 Å².